The molecular formula is C25H46Si. The zero-order chi connectivity index (χ0) is 19.5. The number of rotatable bonds is 12. The average molecular weight is 375 g/mol. The quantitative estimate of drug-likeness (QED) is 0.138. The Morgan fingerprint density at radius 2 is 1.77 bits per heavy atom. The molecular weight excluding hydrogens is 328 g/mol. The van der Waals surface area contributed by atoms with Crippen molar-refractivity contribution in [3.8, 4) is 0 Å². The molecule has 1 saturated carbocycles. The summed E-state index contributed by atoms with van der Waals surface area (Å²) in [5, 5.41) is 0. The third kappa shape index (κ3) is 8.42. The van der Waals surface area contributed by atoms with E-state index < -0.39 is 8.07 Å². The summed E-state index contributed by atoms with van der Waals surface area (Å²) in [4.78, 5) is 0. The molecule has 0 aromatic rings. The van der Waals surface area contributed by atoms with E-state index in [-0.39, 0.29) is 0 Å². The SMILES string of the molecule is C=CCC(C=C(C=CCC)C[Si](C)(C)C)(CCCCC)C1CCCCC1. The van der Waals surface area contributed by atoms with Crippen LogP contribution in [-0.4, -0.2) is 8.07 Å². The van der Waals surface area contributed by atoms with Gasteiger partial charge in [0.2, 0.25) is 0 Å². The zero-order valence-corrected chi connectivity index (χ0v) is 19.6. The molecule has 1 aliphatic rings. The van der Waals surface area contributed by atoms with E-state index in [0.717, 1.165) is 18.8 Å². The summed E-state index contributed by atoms with van der Waals surface area (Å²) >= 11 is 0. The van der Waals surface area contributed by atoms with Gasteiger partial charge in [0.25, 0.3) is 0 Å². The Hall–Kier alpha value is -0.563. The van der Waals surface area contributed by atoms with Crippen LogP contribution in [0.4, 0.5) is 0 Å². The highest BCUT2D eigenvalue weighted by Gasteiger charge is 2.36. The van der Waals surface area contributed by atoms with Gasteiger partial charge in [-0.05, 0) is 49.5 Å². The van der Waals surface area contributed by atoms with Crippen LogP contribution in [0.5, 0.6) is 0 Å². The van der Waals surface area contributed by atoms with Crippen molar-refractivity contribution in [2.24, 2.45) is 11.3 Å². The third-order valence-corrected chi connectivity index (χ3v) is 7.43. The van der Waals surface area contributed by atoms with Gasteiger partial charge in [-0.25, -0.2) is 0 Å². The molecule has 0 aromatic heterocycles. The predicted molar refractivity (Wildman–Crippen MR) is 124 cm³/mol. The Kier molecular flexibility index (Phi) is 10.8. The number of hydrogen-bond acceptors (Lipinski definition) is 0. The van der Waals surface area contributed by atoms with Crippen molar-refractivity contribution in [1.29, 1.82) is 0 Å². The van der Waals surface area contributed by atoms with Gasteiger partial charge in [-0.15, -0.1) is 6.58 Å². The van der Waals surface area contributed by atoms with Gasteiger partial charge in [0.05, 0.1) is 0 Å². The highest BCUT2D eigenvalue weighted by atomic mass is 28.3. The molecule has 0 amide bonds. The van der Waals surface area contributed by atoms with E-state index in [1.165, 1.54) is 63.8 Å². The second-order valence-electron chi connectivity index (χ2n) is 9.79. The fourth-order valence-corrected chi connectivity index (χ4v) is 6.23. The van der Waals surface area contributed by atoms with Gasteiger partial charge in [0.15, 0.2) is 0 Å². The van der Waals surface area contributed by atoms with Crippen LogP contribution in [0.25, 0.3) is 0 Å². The lowest BCUT2D eigenvalue weighted by atomic mass is 9.63. The van der Waals surface area contributed by atoms with Gasteiger partial charge < -0.3 is 0 Å². The summed E-state index contributed by atoms with van der Waals surface area (Å²) in [6.07, 6.45) is 24.7. The number of allylic oxidation sites excluding steroid dienone is 5. The Morgan fingerprint density at radius 3 is 2.31 bits per heavy atom. The summed E-state index contributed by atoms with van der Waals surface area (Å²) < 4.78 is 0. The molecule has 1 aliphatic carbocycles. The van der Waals surface area contributed by atoms with Crippen LogP contribution in [0.1, 0.15) is 84.5 Å². The molecule has 0 heterocycles. The Bertz CT molecular complexity index is 445. The molecule has 26 heavy (non-hydrogen) atoms. The number of hydrogen-bond donors (Lipinski definition) is 0. The van der Waals surface area contributed by atoms with Crippen molar-refractivity contribution in [2.45, 2.75) is 110 Å². The van der Waals surface area contributed by atoms with Crippen LogP contribution in [0, 0.1) is 11.3 Å². The minimum absolute atomic E-state index is 0.352. The summed E-state index contributed by atoms with van der Waals surface area (Å²) in [5.41, 5.74) is 1.97. The zero-order valence-electron chi connectivity index (χ0n) is 18.6. The van der Waals surface area contributed by atoms with Gasteiger partial charge in [0.1, 0.15) is 0 Å². The van der Waals surface area contributed by atoms with Crippen LogP contribution in [0.15, 0.2) is 36.5 Å². The van der Waals surface area contributed by atoms with E-state index in [9.17, 15) is 0 Å². The normalized spacial score (nSPS) is 19.7. The lowest BCUT2D eigenvalue weighted by Gasteiger charge is -2.41. The van der Waals surface area contributed by atoms with Crippen LogP contribution >= 0.6 is 0 Å². The first-order chi connectivity index (χ1) is 12.4. The first-order valence-electron chi connectivity index (χ1n) is 11.4. The lowest BCUT2D eigenvalue weighted by molar-refractivity contribution is 0.155. The minimum Gasteiger partial charge on any atom is -0.103 e. The largest absolute Gasteiger partial charge is 0.103 e. The molecule has 0 radical (unpaired) electrons. The molecule has 0 bridgehead atoms. The van der Waals surface area contributed by atoms with Gasteiger partial charge in [-0.3, -0.25) is 0 Å². The van der Waals surface area contributed by atoms with Crippen LogP contribution in [0.2, 0.25) is 25.7 Å². The highest BCUT2D eigenvalue weighted by molar-refractivity contribution is 6.76. The molecule has 0 nitrogen and oxygen atoms in total. The number of unbranched alkanes of at least 4 members (excludes halogenated alkanes) is 2. The van der Waals surface area contributed by atoms with Crippen LogP contribution in [0.3, 0.4) is 0 Å². The van der Waals surface area contributed by atoms with E-state index in [2.05, 4.69) is 64.4 Å². The van der Waals surface area contributed by atoms with Crippen molar-refractivity contribution in [3.05, 3.63) is 36.5 Å². The Balaban J connectivity index is 3.25. The highest BCUT2D eigenvalue weighted by Crippen LogP contribution is 2.47. The van der Waals surface area contributed by atoms with Crippen molar-refractivity contribution in [3.63, 3.8) is 0 Å². The average Bonchev–Trinajstić information content (AvgIpc) is 2.59. The fraction of sp³-hybridized carbons (Fsp3) is 0.760. The molecule has 1 atom stereocenters. The Morgan fingerprint density at radius 1 is 1.08 bits per heavy atom. The van der Waals surface area contributed by atoms with Crippen LogP contribution in [-0.2, 0) is 0 Å². The van der Waals surface area contributed by atoms with E-state index in [4.69, 9.17) is 0 Å². The molecule has 0 aromatic carbocycles. The summed E-state index contributed by atoms with van der Waals surface area (Å²) in [6, 6.07) is 1.31. The molecule has 0 saturated heterocycles. The van der Waals surface area contributed by atoms with Crippen molar-refractivity contribution >= 4 is 8.07 Å². The molecule has 1 rings (SSSR count). The van der Waals surface area contributed by atoms with E-state index in [1.54, 1.807) is 5.57 Å². The molecule has 0 aliphatic heterocycles. The third-order valence-electron chi connectivity index (χ3n) is 5.96. The summed E-state index contributed by atoms with van der Waals surface area (Å²) in [6.45, 7) is 16.3. The minimum atomic E-state index is -1.13. The lowest BCUT2D eigenvalue weighted by Crippen LogP contribution is -2.31. The van der Waals surface area contributed by atoms with Gasteiger partial charge >= 0.3 is 0 Å². The topological polar surface area (TPSA) is 0 Å². The molecule has 1 fully saturated rings. The monoisotopic (exact) mass is 374 g/mol. The fourth-order valence-electron chi connectivity index (χ4n) is 4.78. The molecule has 150 valence electrons. The van der Waals surface area contributed by atoms with Gasteiger partial charge in [-0.2, -0.15) is 0 Å². The first kappa shape index (κ1) is 23.5. The maximum Gasteiger partial charge on any atom is 0.0486 e. The van der Waals surface area contributed by atoms with Crippen molar-refractivity contribution in [2.75, 3.05) is 0 Å². The summed E-state index contributed by atoms with van der Waals surface area (Å²) in [7, 11) is -1.13. The maximum atomic E-state index is 4.17. The molecule has 1 heteroatoms. The second kappa shape index (κ2) is 12.0. The Labute approximate surface area is 166 Å². The summed E-state index contributed by atoms with van der Waals surface area (Å²) in [5.74, 6) is 0.859. The second-order valence-corrected chi connectivity index (χ2v) is 15.3. The first-order valence-corrected chi connectivity index (χ1v) is 15.1. The van der Waals surface area contributed by atoms with Crippen molar-refractivity contribution < 1.29 is 0 Å². The maximum absolute atomic E-state index is 4.17. The smallest absolute Gasteiger partial charge is 0.0486 e. The molecule has 1 unspecified atom stereocenters. The van der Waals surface area contributed by atoms with Crippen LogP contribution < -0.4 is 0 Å². The van der Waals surface area contributed by atoms with E-state index >= 15 is 0 Å². The molecule has 0 spiro atoms. The van der Waals surface area contributed by atoms with Gasteiger partial charge in [-0.1, -0.05) is 102 Å². The van der Waals surface area contributed by atoms with E-state index in [0.29, 0.717) is 5.41 Å². The van der Waals surface area contributed by atoms with Crippen molar-refractivity contribution in [1.82, 2.24) is 0 Å². The van der Waals surface area contributed by atoms with Gasteiger partial charge in [0, 0.05) is 8.07 Å². The standard InChI is InChI=1S/C25H46Si/c1-7-10-15-20-25(19-9-3,24-17-13-12-14-18-24)21-23(16-11-8-2)22-26(4,5)6/h9,11,16,21,24H,3,7-8,10,12-15,17-20,22H2,1-2,4-6H3. The van der Waals surface area contributed by atoms with E-state index in [1.807, 2.05) is 0 Å². The molecule has 0 N–H and O–H groups in total. The predicted octanol–water partition coefficient (Wildman–Crippen LogP) is 8.94.